The van der Waals surface area contributed by atoms with Crippen molar-refractivity contribution in [3.05, 3.63) is 0 Å². The molecule has 17 heavy (non-hydrogen) atoms. The topological polar surface area (TPSA) is 73.6 Å². The highest BCUT2D eigenvalue weighted by Crippen LogP contribution is 2.38. The fraction of sp³-hybridized carbons (Fsp3) is 0.917. The van der Waals surface area contributed by atoms with Gasteiger partial charge in [0.05, 0.1) is 24.2 Å². The number of ether oxygens (including phenoxy) is 2. The van der Waals surface area contributed by atoms with Crippen molar-refractivity contribution in [1.82, 2.24) is 5.32 Å². The molecule has 3 fully saturated rings. The number of rotatable bonds is 2. The molecule has 6 unspecified atom stereocenters. The Morgan fingerprint density at radius 3 is 2.76 bits per heavy atom. The van der Waals surface area contributed by atoms with Gasteiger partial charge in [0.2, 0.25) is 5.91 Å². The molecule has 2 heterocycles. The minimum Gasteiger partial charge on any atom is -0.378 e. The van der Waals surface area contributed by atoms with Crippen molar-refractivity contribution in [3.8, 4) is 0 Å². The number of hydrogen-bond acceptors (Lipinski definition) is 4. The van der Waals surface area contributed by atoms with Crippen molar-refractivity contribution >= 4 is 5.91 Å². The van der Waals surface area contributed by atoms with Crippen molar-refractivity contribution in [3.63, 3.8) is 0 Å². The van der Waals surface area contributed by atoms with Gasteiger partial charge in [-0.3, -0.25) is 4.79 Å². The quantitative estimate of drug-likeness (QED) is 0.691. The lowest BCUT2D eigenvalue weighted by atomic mass is 9.72. The van der Waals surface area contributed by atoms with Gasteiger partial charge in [0.15, 0.2) is 0 Å². The lowest BCUT2D eigenvalue weighted by molar-refractivity contribution is -0.130. The molecule has 3 rings (SSSR count). The zero-order chi connectivity index (χ0) is 12.0. The van der Waals surface area contributed by atoms with Crippen LogP contribution in [0.15, 0.2) is 0 Å². The summed E-state index contributed by atoms with van der Waals surface area (Å²) >= 11 is 0. The second-order valence-electron chi connectivity index (χ2n) is 5.37. The van der Waals surface area contributed by atoms with Gasteiger partial charge >= 0.3 is 0 Å². The second-order valence-corrected chi connectivity index (χ2v) is 5.37. The summed E-state index contributed by atoms with van der Waals surface area (Å²) in [6.45, 7) is 3.41. The molecule has 0 aromatic heterocycles. The highest BCUT2D eigenvalue weighted by molar-refractivity contribution is 5.80. The predicted octanol–water partition coefficient (Wildman–Crippen LogP) is -0.358. The highest BCUT2D eigenvalue weighted by Gasteiger charge is 2.53. The maximum Gasteiger partial charge on any atom is 0.226 e. The van der Waals surface area contributed by atoms with Gasteiger partial charge in [-0.1, -0.05) is 0 Å². The molecule has 2 aliphatic heterocycles. The van der Waals surface area contributed by atoms with Gasteiger partial charge < -0.3 is 20.5 Å². The summed E-state index contributed by atoms with van der Waals surface area (Å²) in [5, 5.41) is 3.04. The van der Waals surface area contributed by atoms with Crippen LogP contribution in [0.25, 0.3) is 0 Å². The zero-order valence-electron chi connectivity index (χ0n) is 10.1. The summed E-state index contributed by atoms with van der Waals surface area (Å²) in [7, 11) is 0. The first-order valence-corrected chi connectivity index (χ1v) is 6.47. The molecule has 1 amide bonds. The van der Waals surface area contributed by atoms with E-state index in [2.05, 4.69) is 5.32 Å². The van der Waals surface area contributed by atoms with E-state index in [0.717, 1.165) is 19.4 Å². The number of carbonyl (C=O) groups is 1. The number of amides is 1. The molecular weight excluding hydrogens is 220 g/mol. The summed E-state index contributed by atoms with van der Waals surface area (Å²) in [6.07, 6.45) is 2.00. The number of fused-ring (bicyclic) bond motifs is 1. The number of nitrogens with two attached hydrogens (primary N) is 1. The molecular formula is C12H20N2O3. The summed E-state index contributed by atoms with van der Waals surface area (Å²) in [5.41, 5.74) is 6.06. The molecule has 1 saturated carbocycles. The zero-order valence-corrected chi connectivity index (χ0v) is 10.1. The van der Waals surface area contributed by atoms with Gasteiger partial charge in [-0.25, -0.2) is 0 Å². The van der Waals surface area contributed by atoms with Crippen LogP contribution >= 0.6 is 0 Å². The number of carbonyl (C=O) groups excluding carboxylic acids is 1. The summed E-state index contributed by atoms with van der Waals surface area (Å²) in [5.74, 6) is 0.490. The molecule has 96 valence electrons. The molecule has 0 spiro atoms. The third-order valence-corrected chi connectivity index (χ3v) is 4.47. The Hall–Kier alpha value is -0.650. The molecule has 1 aliphatic carbocycles. The van der Waals surface area contributed by atoms with Crippen LogP contribution in [0.5, 0.6) is 0 Å². The van der Waals surface area contributed by atoms with Crippen LogP contribution in [-0.2, 0) is 14.3 Å². The lowest BCUT2D eigenvalue weighted by Gasteiger charge is -2.46. The fourth-order valence-electron chi connectivity index (χ4n) is 3.28. The maximum atomic E-state index is 12.1. The normalized spacial score (nSPS) is 48.6. The van der Waals surface area contributed by atoms with Crippen LogP contribution in [0.3, 0.4) is 0 Å². The minimum atomic E-state index is -0.0253. The summed E-state index contributed by atoms with van der Waals surface area (Å²) in [6, 6.07) is 0.0619. The fourth-order valence-corrected chi connectivity index (χ4v) is 3.28. The Bertz CT molecular complexity index is 323. The number of nitrogens with one attached hydrogen (secondary N) is 1. The van der Waals surface area contributed by atoms with E-state index < -0.39 is 0 Å². The van der Waals surface area contributed by atoms with Gasteiger partial charge in [-0.2, -0.15) is 0 Å². The van der Waals surface area contributed by atoms with E-state index >= 15 is 0 Å². The van der Waals surface area contributed by atoms with Crippen molar-refractivity contribution in [2.45, 2.75) is 44.1 Å². The molecule has 5 nitrogen and oxygen atoms in total. The van der Waals surface area contributed by atoms with Crippen molar-refractivity contribution < 1.29 is 14.3 Å². The predicted molar refractivity (Wildman–Crippen MR) is 61.3 cm³/mol. The second kappa shape index (κ2) is 4.23. The van der Waals surface area contributed by atoms with E-state index in [1.54, 1.807) is 0 Å². The van der Waals surface area contributed by atoms with Gasteiger partial charge in [0.25, 0.3) is 0 Å². The average Bonchev–Trinajstić information content (AvgIpc) is 2.91. The molecule has 2 saturated heterocycles. The molecule has 0 radical (unpaired) electrons. The van der Waals surface area contributed by atoms with Gasteiger partial charge in [-0.15, -0.1) is 0 Å². The van der Waals surface area contributed by atoms with E-state index in [-0.39, 0.29) is 36.1 Å². The van der Waals surface area contributed by atoms with Crippen LogP contribution < -0.4 is 11.1 Å². The van der Waals surface area contributed by atoms with Crippen molar-refractivity contribution in [2.75, 3.05) is 13.2 Å². The molecule has 3 aliphatic rings. The monoisotopic (exact) mass is 240 g/mol. The van der Waals surface area contributed by atoms with Gasteiger partial charge in [0.1, 0.15) is 0 Å². The molecule has 5 heteroatoms. The van der Waals surface area contributed by atoms with Crippen molar-refractivity contribution in [1.29, 1.82) is 0 Å². The lowest BCUT2D eigenvalue weighted by Crippen LogP contribution is -2.69. The van der Waals surface area contributed by atoms with E-state index in [1.165, 1.54) is 0 Å². The van der Waals surface area contributed by atoms with E-state index in [9.17, 15) is 4.79 Å². The highest BCUT2D eigenvalue weighted by atomic mass is 16.5. The Balaban J connectivity index is 1.58. The Morgan fingerprint density at radius 1 is 1.29 bits per heavy atom. The molecule has 0 bridgehead atoms. The molecule has 3 N–H and O–H groups in total. The number of hydrogen-bond donors (Lipinski definition) is 2. The maximum absolute atomic E-state index is 12.1. The first kappa shape index (κ1) is 11.4. The van der Waals surface area contributed by atoms with Crippen LogP contribution in [0, 0.1) is 11.8 Å². The first-order valence-electron chi connectivity index (χ1n) is 6.47. The van der Waals surface area contributed by atoms with Crippen LogP contribution in [0.4, 0.5) is 0 Å². The summed E-state index contributed by atoms with van der Waals surface area (Å²) in [4.78, 5) is 12.1. The van der Waals surface area contributed by atoms with E-state index in [4.69, 9.17) is 15.2 Å². The Labute approximate surface area is 101 Å². The Kier molecular flexibility index (Phi) is 2.84. The van der Waals surface area contributed by atoms with Crippen LogP contribution in [0.1, 0.15) is 19.8 Å². The van der Waals surface area contributed by atoms with Crippen molar-refractivity contribution in [2.24, 2.45) is 17.6 Å². The van der Waals surface area contributed by atoms with E-state index in [0.29, 0.717) is 12.5 Å². The van der Waals surface area contributed by atoms with Crippen LogP contribution in [-0.4, -0.2) is 43.4 Å². The van der Waals surface area contributed by atoms with Gasteiger partial charge in [-0.05, 0) is 19.8 Å². The largest absolute Gasteiger partial charge is 0.378 e. The third-order valence-electron chi connectivity index (χ3n) is 4.47. The standard InChI is InChI=1S/C12H20N2O3/c1-6-7(2-4-16-6)12(15)14-10-9(13)8-3-5-17-11(8)10/h6-11H,2-5,13H2,1H3,(H,14,15). The van der Waals surface area contributed by atoms with E-state index in [1.807, 2.05) is 6.92 Å². The smallest absolute Gasteiger partial charge is 0.226 e. The first-order chi connectivity index (χ1) is 8.18. The van der Waals surface area contributed by atoms with Crippen LogP contribution in [0.2, 0.25) is 0 Å². The Morgan fingerprint density at radius 2 is 2.06 bits per heavy atom. The molecule has 6 atom stereocenters. The summed E-state index contributed by atoms with van der Waals surface area (Å²) < 4.78 is 11.0. The molecule has 0 aromatic rings. The molecule has 0 aromatic carbocycles. The average molecular weight is 240 g/mol. The third kappa shape index (κ3) is 1.77. The SMILES string of the molecule is CC1OCCC1C(=O)NC1C(N)C2CCOC21. The van der Waals surface area contributed by atoms with Gasteiger partial charge in [0, 0.05) is 25.2 Å². The minimum absolute atomic E-state index is 0.00259.